The molecule has 3 aromatic carbocycles. The van der Waals surface area contributed by atoms with Crippen molar-refractivity contribution in [2.75, 3.05) is 11.9 Å². The number of benzene rings is 3. The molecule has 0 spiro atoms. The van der Waals surface area contributed by atoms with Gasteiger partial charge in [-0.3, -0.25) is 14.4 Å². The lowest BCUT2D eigenvalue weighted by atomic mass is 9.98. The smallest absolute Gasteiger partial charge is 0.481 e. The highest BCUT2D eigenvalue weighted by Crippen LogP contribution is 2.24. The average Bonchev–Trinajstić information content (AvgIpc) is 3.54. The summed E-state index contributed by atoms with van der Waals surface area (Å²) >= 11 is 0. The van der Waals surface area contributed by atoms with E-state index in [9.17, 15) is 32.7 Å². The first-order valence-corrected chi connectivity index (χ1v) is 16.4. The number of hydrogen-bond donors (Lipinski definition) is 6. The van der Waals surface area contributed by atoms with Crippen molar-refractivity contribution in [3.63, 3.8) is 0 Å². The number of aromatic amines is 1. The van der Waals surface area contributed by atoms with E-state index in [4.69, 9.17) is 9.90 Å². The fraction of sp³-hybridized carbons (Fsp3) is 0.237. The molecule has 2 atom stereocenters. The van der Waals surface area contributed by atoms with E-state index in [-0.39, 0.29) is 25.2 Å². The van der Waals surface area contributed by atoms with Crippen LogP contribution in [0.4, 0.5) is 19.0 Å². The molecule has 52 heavy (non-hydrogen) atoms. The quantitative estimate of drug-likeness (QED) is 0.0666. The molecule has 2 heterocycles. The molecule has 0 aliphatic carbocycles. The van der Waals surface area contributed by atoms with E-state index in [0.717, 1.165) is 40.0 Å². The van der Waals surface area contributed by atoms with Crippen LogP contribution >= 0.6 is 0 Å². The van der Waals surface area contributed by atoms with Crippen molar-refractivity contribution in [1.29, 1.82) is 0 Å². The molecule has 0 saturated heterocycles. The third kappa shape index (κ3) is 12.3. The number of carboxylic acids is 2. The molecule has 2 amide bonds. The number of anilines is 1. The number of unbranched alkanes of at least 4 members (excludes halogenated alkanes) is 1. The largest absolute Gasteiger partial charge is 0.490 e. The van der Waals surface area contributed by atoms with Gasteiger partial charge in [-0.15, -0.1) is 0 Å². The molecule has 0 aliphatic rings. The molecule has 14 heteroatoms. The zero-order chi connectivity index (χ0) is 37.5. The normalized spacial score (nSPS) is 12.1. The van der Waals surface area contributed by atoms with Gasteiger partial charge in [-0.25, -0.2) is 9.78 Å². The highest BCUT2D eigenvalue weighted by Gasteiger charge is 2.38. The molecule has 0 saturated carbocycles. The fourth-order valence-electron chi connectivity index (χ4n) is 5.27. The van der Waals surface area contributed by atoms with Crippen LogP contribution in [0.15, 0.2) is 109 Å². The van der Waals surface area contributed by atoms with Crippen molar-refractivity contribution in [3.8, 4) is 11.1 Å². The number of rotatable bonds is 15. The summed E-state index contributed by atoms with van der Waals surface area (Å²) in [4.78, 5) is 55.0. The van der Waals surface area contributed by atoms with Crippen molar-refractivity contribution in [2.24, 2.45) is 0 Å². The molecule has 0 aliphatic heterocycles. The van der Waals surface area contributed by atoms with Gasteiger partial charge in [-0.05, 0) is 59.2 Å². The maximum atomic E-state index is 13.7. The monoisotopic (exact) mass is 717 g/mol. The Labute approximate surface area is 297 Å². The molecule has 5 rings (SSSR count). The molecule has 272 valence electrons. The second kappa shape index (κ2) is 18.7. The first-order chi connectivity index (χ1) is 24.9. The molecule has 6 N–H and O–H groups in total. The summed E-state index contributed by atoms with van der Waals surface area (Å²) in [6.07, 6.45) is -1.81. The van der Waals surface area contributed by atoms with Gasteiger partial charge in [0.2, 0.25) is 11.8 Å². The second-order valence-electron chi connectivity index (χ2n) is 11.8. The number of carbonyl (C=O) groups is 4. The number of para-hydroxylation sites is 1. The molecule has 0 bridgehead atoms. The summed E-state index contributed by atoms with van der Waals surface area (Å²) in [5.74, 6) is -3.71. The number of carbonyl (C=O) groups excluding carboxylic acids is 2. The Balaban J connectivity index is 0.000000785. The minimum Gasteiger partial charge on any atom is -0.481 e. The highest BCUT2D eigenvalue weighted by atomic mass is 19.4. The topological polar surface area (TPSA) is 174 Å². The lowest BCUT2D eigenvalue weighted by Crippen LogP contribution is -2.49. The number of fused-ring (bicyclic) bond motifs is 1. The second-order valence-corrected chi connectivity index (χ2v) is 11.8. The number of aromatic nitrogens is 2. The minimum atomic E-state index is -5.08. The highest BCUT2D eigenvalue weighted by molar-refractivity contribution is 5.89. The van der Waals surface area contributed by atoms with Gasteiger partial charge in [0.25, 0.3) is 0 Å². The summed E-state index contributed by atoms with van der Waals surface area (Å²) in [5.41, 5.74) is 4.41. The number of amides is 2. The van der Waals surface area contributed by atoms with Gasteiger partial charge in [0.1, 0.15) is 11.9 Å². The van der Waals surface area contributed by atoms with Crippen LogP contribution in [0, 0.1) is 0 Å². The van der Waals surface area contributed by atoms with Crippen molar-refractivity contribution in [1.82, 2.24) is 20.6 Å². The van der Waals surface area contributed by atoms with Gasteiger partial charge >= 0.3 is 18.1 Å². The molecule has 11 nitrogen and oxygen atoms in total. The van der Waals surface area contributed by atoms with E-state index in [2.05, 4.69) is 25.9 Å². The number of pyridine rings is 1. The Morgan fingerprint density at radius 2 is 1.44 bits per heavy atom. The zero-order valence-corrected chi connectivity index (χ0v) is 27.9. The molecule has 0 fully saturated rings. The first-order valence-electron chi connectivity index (χ1n) is 16.4. The van der Waals surface area contributed by atoms with Crippen LogP contribution < -0.4 is 16.0 Å². The number of aliphatic carboxylic acids is 2. The summed E-state index contributed by atoms with van der Waals surface area (Å²) in [6, 6.07) is 31.1. The Kier molecular flexibility index (Phi) is 13.9. The number of nitrogens with one attached hydrogen (secondary N) is 4. The molecule has 5 aromatic rings. The third-order valence-corrected chi connectivity index (χ3v) is 7.82. The summed E-state index contributed by atoms with van der Waals surface area (Å²) < 4.78 is 31.7. The third-order valence-electron chi connectivity index (χ3n) is 7.82. The summed E-state index contributed by atoms with van der Waals surface area (Å²) in [7, 11) is 0. The van der Waals surface area contributed by atoms with E-state index in [1.165, 1.54) is 0 Å². The van der Waals surface area contributed by atoms with Gasteiger partial charge in [-0.2, -0.15) is 13.2 Å². The predicted octanol–water partition coefficient (Wildman–Crippen LogP) is 6.51. The Morgan fingerprint density at radius 1 is 0.788 bits per heavy atom. The number of hydrogen-bond acceptors (Lipinski definition) is 6. The van der Waals surface area contributed by atoms with Gasteiger partial charge in [0, 0.05) is 36.8 Å². The van der Waals surface area contributed by atoms with E-state index in [0.29, 0.717) is 18.5 Å². The van der Waals surface area contributed by atoms with Crippen molar-refractivity contribution >= 4 is 40.5 Å². The Bertz CT molecular complexity index is 1890. The molecule has 0 radical (unpaired) electrons. The number of carboxylic acid groups (broad SMARTS) is 2. The van der Waals surface area contributed by atoms with Gasteiger partial charge in [0.05, 0.1) is 12.5 Å². The Hall–Kier alpha value is -6.18. The first kappa shape index (κ1) is 38.6. The van der Waals surface area contributed by atoms with E-state index >= 15 is 0 Å². The van der Waals surface area contributed by atoms with Gasteiger partial charge in [0.15, 0.2) is 0 Å². The maximum Gasteiger partial charge on any atom is 0.490 e. The SMILES string of the molecule is O=C(O)C(F)(F)F.O=C(O)CC(NC(=O)[C@H](Cc1cc2ccccc2[nH]1)NC(=O)CCCCNc1ccccn1)c1ccc(-c2ccccc2)cc1. The minimum absolute atomic E-state index is 0.222. The van der Waals surface area contributed by atoms with Crippen LogP contribution in [0.3, 0.4) is 0 Å². The van der Waals surface area contributed by atoms with E-state index in [1.807, 2.05) is 103 Å². The standard InChI is InChI=1S/C36H37N5O4.C2HF3O2/c42-34(15-7-9-21-38-33-14-6-8-20-37-33)40-32(23-29-22-28-12-4-5-13-30(28)39-29)36(45)41-31(24-35(43)44)27-18-16-26(17-19-27)25-10-2-1-3-11-25;3-2(4,5)1(6)7/h1-6,8,10-14,16-20,22,31-32,39H,7,9,15,21,23-24H2,(H,37,38)(H,40,42)(H,41,45)(H,43,44);(H,6,7)/t31?,32-;/m0./s1. The molecular formula is C38H38F3N5O6. The van der Waals surface area contributed by atoms with Gasteiger partial charge in [-0.1, -0.05) is 78.9 Å². The van der Waals surface area contributed by atoms with Crippen LogP contribution in [0.25, 0.3) is 22.0 Å². The lowest BCUT2D eigenvalue weighted by molar-refractivity contribution is -0.192. The van der Waals surface area contributed by atoms with Gasteiger partial charge < -0.3 is 31.1 Å². The number of alkyl halides is 3. The number of H-pyrrole nitrogens is 1. The van der Waals surface area contributed by atoms with E-state index in [1.54, 1.807) is 6.20 Å². The van der Waals surface area contributed by atoms with Crippen molar-refractivity contribution in [2.45, 2.75) is 50.4 Å². The van der Waals surface area contributed by atoms with Crippen LogP contribution in [0.1, 0.15) is 43.0 Å². The van der Waals surface area contributed by atoms with Crippen LogP contribution in [0.2, 0.25) is 0 Å². The maximum absolute atomic E-state index is 13.7. The van der Waals surface area contributed by atoms with Crippen molar-refractivity contribution < 1.29 is 42.6 Å². The molecule has 2 aromatic heterocycles. The molecular weight excluding hydrogens is 679 g/mol. The lowest BCUT2D eigenvalue weighted by Gasteiger charge is -2.23. The van der Waals surface area contributed by atoms with Crippen LogP contribution in [0.5, 0.6) is 0 Å². The Morgan fingerprint density at radius 3 is 2.08 bits per heavy atom. The summed E-state index contributed by atoms with van der Waals surface area (Å²) in [5, 5.41) is 26.8. The van der Waals surface area contributed by atoms with Crippen LogP contribution in [-0.2, 0) is 25.6 Å². The molecule has 1 unspecified atom stereocenters. The summed E-state index contributed by atoms with van der Waals surface area (Å²) in [6.45, 7) is 0.670. The number of halogens is 3. The number of nitrogens with zero attached hydrogens (tertiary/aromatic N) is 1. The zero-order valence-electron chi connectivity index (χ0n) is 27.9. The predicted molar refractivity (Wildman–Crippen MR) is 189 cm³/mol. The van der Waals surface area contributed by atoms with E-state index < -0.39 is 36.1 Å². The van der Waals surface area contributed by atoms with Crippen LogP contribution in [-0.4, -0.2) is 62.7 Å². The average molecular weight is 718 g/mol. The van der Waals surface area contributed by atoms with Crippen molar-refractivity contribution in [3.05, 3.63) is 121 Å². The fourth-order valence-corrected chi connectivity index (χ4v) is 5.27.